The number of rotatable bonds is 6. The van der Waals surface area contributed by atoms with E-state index in [0.717, 1.165) is 22.6 Å². The SMILES string of the molecule is Cc1cccc(-n2nnnc2SCC(=O)NCc2ccc3c(c2)OCO3)c1. The molecule has 4 rings (SSSR count). The number of aryl methyl sites for hydroxylation is 1. The number of thioether (sulfide) groups is 1. The summed E-state index contributed by atoms with van der Waals surface area (Å²) in [5.74, 6) is 1.55. The lowest BCUT2D eigenvalue weighted by Gasteiger charge is -2.07. The van der Waals surface area contributed by atoms with Crippen molar-refractivity contribution in [1.29, 1.82) is 0 Å². The van der Waals surface area contributed by atoms with Gasteiger partial charge >= 0.3 is 0 Å². The molecule has 0 atom stereocenters. The molecule has 1 aliphatic rings. The molecule has 1 N–H and O–H groups in total. The average molecular weight is 383 g/mol. The highest BCUT2D eigenvalue weighted by atomic mass is 32.2. The van der Waals surface area contributed by atoms with E-state index in [4.69, 9.17) is 9.47 Å². The van der Waals surface area contributed by atoms with E-state index in [1.54, 1.807) is 4.68 Å². The van der Waals surface area contributed by atoms with Crippen LogP contribution >= 0.6 is 11.8 Å². The number of carbonyl (C=O) groups excluding carboxylic acids is 1. The Bertz CT molecular complexity index is 975. The Hall–Kier alpha value is -3.07. The lowest BCUT2D eigenvalue weighted by Crippen LogP contribution is -2.24. The van der Waals surface area contributed by atoms with Gasteiger partial charge in [0.2, 0.25) is 17.9 Å². The van der Waals surface area contributed by atoms with Gasteiger partial charge in [-0.15, -0.1) is 5.10 Å². The molecule has 0 fully saturated rings. The van der Waals surface area contributed by atoms with E-state index in [0.29, 0.717) is 17.5 Å². The molecule has 1 aromatic heterocycles. The predicted octanol–water partition coefficient (Wildman–Crippen LogP) is 2.11. The van der Waals surface area contributed by atoms with Crippen molar-refractivity contribution < 1.29 is 14.3 Å². The van der Waals surface area contributed by atoms with Crippen LogP contribution in [0.3, 0.4) is 0 Å². The van der Waals surface area contributed by atoms with E-state index < -0.39 is 0 Å². The number of tetrazole rings is 1. The maximum absolute atomic E-state index is 12.2. The monoisotopic (exact) mass is 383 g/mol. The summed E-state index contributed by atoms with van der Waals surface area (Å²) < 4.78 is 12.2. The highest BCUT2D eigenvalue weighted by Crippen LogP contribution is 2.32. The van der Waals surface area contributed by atoms with Gasteiger partial charge in [0.15, 0.2) is 11.5 Å². The minimum absolute atomic E-state index is 0.101. The molecule has 0 radical (unpaired) electrons. The van der Waals surface area contributed by atoms with Gasteiger partial charge in [0.1, 0.15) is 0 Å². The molecular formula is C18H17N5O3S. The van der Waals surface area contributed by atoms with Gasteiger partial charge in [0.25, 0.3) is 0 Å². The molecule has 0 aliphatic carbocycles. The van der Waals surface area contributed by atoms with E-state index in [9.17, 15) is 4.79 Å². The highest BCUT2D eigenvalue weighted by Gasteiger charge is 2.14. The smallest absolute Gasteiger partial charge is 0.231 e. The summed E-state index contributed by atoms with van der Waals surface area (Å²) in [7, 11) is 0. The molecule has 9 heteroatoms. The molecule has 0 spiro atoms. The molecule has 2 aromatic carbocycles. The summed E-state index contributed by atoms with van der Waals surface area (Å²) in [5.41, 5.74) is 2.92. The maximum atomic E-state index is 12.2. The molecule has 8 nitrogen and oxygen atoms in total. The van der Waals surface area contributed by atoms with Crippen molar-refractivity contribution in [3.05, 3.63) is 53.6 Å². The van der Waals surface area contributed by atoms with Crippen LogP contribution in [-0.2, 0) is 11.3 Å². The van der Waals surface area contributed by atoms with Crippen molar-refractivity contribution in [1.82, 2.24) is 25.5 Å². The Balaban J connectivity index is 1.33. The fourth-order valence-corrected chi connectivity index (χ4v) is 3.34. The molecule has 1 amide bonds. The Morgan fingerprint density at radius 3 is 3.00 bits per heavy atom. The zero-order valence-corrected chi connectivity index (χ0v) is 15.4. The summed E-state index contributed by atoms with van der Waals surface area (Å²) in [5, 5.41) is 15.2. The Morgan fingerprint density at radius 2 is 2.11 bits per heavy atom. The van der Waals surface area contributed by atoms with Gasteiger partial charge in [0.05, 0.1) is 11.4 Å². The van der Waals surface area contributed by atoms with Gasteiger partial charge in [0, 0.05) is 6.54 Å². The number of benzene rings is 2. The van der Waals surface area contributed by atoms with Crippen LogP contribution in [0.4, 0.5) is 0 Å². The van der Waals surface area contributed by atoms with E-state index in [-0.39, 0.29) is 18.5 Å². The van der Waals surface area contributed by atoms with E-state index >= 15 is 0 Å². The van der Waals surface area contributed by atoms with Crippen LogP contribution < -0.4 is 14.8 Å². The van der Waals surface area contributed by atoms with Crippen LogP contribution in [0.2, 0.25) is 0 Å². The molecule has 3 aromatic rings. The fraction of sp³-hybridized carbons (Fsp3) is 0.222. The van der Waals surface area contributed by atoms with Crippen LogP contribution in [0.15, 0.2) is 47.6 Å². The number of nitrogens with zero attached hydrogens (tertiary/aromatic N) is 4. The topological polar surface area (TPSA) is 91.2 Å². The summed E-state index contributed by atoms with van der Waals surface area (Å²) in [4.78, 5) is 12.2. The Kier molecular flexibility index (Phi) is 4.93. The van der Waals surface area contributed by atoms with E-state index in [2.05, 4.69) is 20.8 Å². The standard InChI is InChI=1S/C18H17N5O3S/c1-12-3-2-4-14(7-12)23-18(20-21-22-23)27-10-17(24)19-9-13-5-6-15-16(8-13)26-11-25-15/h2-8H,9-11H2,1H3,(H,19,24). The number of carbonyl (C=O) groups is 1. The van der Waals surface area contributed by atoms with Gasteiger partial charge < -0.3 is 14.8 Å². The van der Waals surface area contributed by atoms with Crippen molar-refractivity contribution in [3.63, 3.8) is 0 Å². The van der Waals surface area contributed by atoms with Crippen LogP contribution in [0.5, 0.6) is 11.5 Å². The van der Waals surface area contributed by atoms with Crippen molar-refractivity contribution in [2.75, 3.05) is 12.5 Å². The van der Waals surface area contributed by atoms with E-state index in [1.165, 1.54) is 11.8 Å². The second kappa shape index (κ2) is 7.67. The molecule has 0 saturated heterocycles. The number of hydrogen-bond acceptors (Lipinski definition) is 7. The predicted molar refractivity (Wildman–Crippen MR) is 99.0 cm³/mol. The van der Waals surface area contributed by atoms with Crippen LogP contribution in [0.1, 0.15) is 11.1 Å². The first-order valence-electron chi connectivity index (χ1n) is 8.32. The number of hydrogen-bond donors (Lipinski definition) is 1. The second-order valence-corrected chi connectivity index (χ2v) is 6.91. The third-order valence-corrected chi connectivity index (χ3v) is 4.87. The van der Waals surface area contributed by atoms with Gasteiger partial charge in [-0.25, -0.2) is 0 Å². The molecule has 138 valence electrons. The van der Waals surface area contributed by atoms with Gasteiger partial charge in [-0.2, -0.15) is 4.68 Å². The number of amides is 1. The molecule has 2 heterocycles. The zero-order chi connectivity index (χ0) is 18.6. The number of aromatic nitrogens is 4. The van der Waals surface area contributed by atoms with Crippen LogP contribution in [0, 0.1) is 6.92 Å². The Labute approximate surface area is 159 Å². The van der Waals surface area contributed by atoms with Crippen molar-refractivity contribution >= 4 is 17.7 Å². The van der Waals surface area contributed by atoms with Crippen molar-refractivity contribution in [3.8, 4) is 17.2 Å². The second-order valence-electron chi connectivity index (χ2n) is 5.97. The first-order valence-corrected chi connectivity index (χ1v) is 9.31. The molecular weight excluding hydrogens is 366 g/mol. The third kappa shape index (κ3) is 4.03. The van der Waals surface area contributed by atoms with Crippen molar-refractivity contribution in [2.24, 2.45) is 0 Å². The highest BCUT2D eigenvalue weighted by molar-refractivity contribution is 7.99. The first-order chi connectivity index (χ1) is 13.2. The maximum Gasteiger partial charge on any atom is 0.231 e. The first kappa shape index (κ1) is 17.3. The summed E-state index contributed by atoms with van der Waals surface area (Å²) in [6.07, 6.45) is 0. The third-order valence-electron chi connectivity index (χ3n) is 3.95. The normalized spacial score (nSPS) is 12.2. The van der Waals surface area contributed by atoms with Gasteiger partial charge in [-0.1, -0.05) is 30.0 Å². The molecule has 27 heavy (non-hydrogen) atoms. The van der Waals surface area contributed by atoms with Gasteiger partial charge in [-0.3, -0.25) is 4.79 Å². The average Bonchev–Trinajstić information content (AvgIpc) is 3.33. The molecule has 0 saturated carbocycles. The lowest BCUT2D eigenvalue weighted by atomic mass is 10.2. The summed E-state index contributed by atoms with van der Waals surface area (Å²) in [6.45, 7) is 2.65. The summed E-state index contributed by atoms with van der Waals surface area (Å²) in [6, 6.07) is 13.5. The number of nitrogens with one attached hydrogen (secondary N) is 1. The fourth-order valence-electron chi connectivity index (χ4n) is 2.62. The quantitative estimate of drug-likeness (QED) is 0.652. The lowest BCUT2D eigenvalue weighted by molar-refractivity contribution is -0.118. The molecule has 0 bridgehead atoms. The zero-order valence-electron chi connectivity index (χ0n) is 14.6. The number of fused-ring (bicyclic) bond motifs is 1. The molecule has 1 aliphatic heterocycles. The number of ether oxygens (including phenoxy) is 2. The van der Waals surface area contributed by atoms with Crippen molar-refractivity contribution in [2.45, 2.75) is 18.6 Å². The minimum Gasteiger partial charge on any atom is -0.454 e. The molecule has 0 unspecified atom stereocenters. The Morgan fingerprint density at radius 1 is 1.22 bits per heavy atom. The van der Waals surface area contributed by atoms with Crippen LogP contribution in [0.25, 0.3) is 5.69 Å². The largest absolute Gasteiger partial charge is 0.454 e. The van der Waals surface area contributed by atoms with Gasteiger partial charge in [-0.05, 0) is 52.7 Å². The van der Waals surface area contributed by atoms with E-state index in [1.807, 2.05) is 49.4 Å². The minimum atomic E-state index is -0.101. The summed E-state index contributed by atoms with van der Waals surface area (Å²) >= 11 is 1.29. The van der Waals surface area contributed by atoms with Crippen LogP contribution in [-0.4, -0.2) is 38.7 Å².